The summed E-state index contributed by atoms with van der Waals surface area (Å²) < 4.78 is 14.0. The highest BCUT2D eigenvalue weighted by Crippen LogP contribution is 2.40. The van der Waals surface area contributed by atoms with Gasteiger partial charge in [0.05, 0.1) is 13.2 Å². The quantitative estimate of drug-likeness (QED) is 0.332. The molecule has 0 N–H and O–H groups in total. The SMILES string of the molecule is COc1cc2c(cc1OCc1ccccc1)C(CCc1cn(C)c3ccccc13)N(C=O)CC2. The number of rotatable bonds is 8. The van der Waals surface area contributed by atoms with Crippen LogP contribution in [0, 0.1) is 0 Å². The lowest BCUT2D eigenvalue weighted by Gasteiger charge is -2.35. The van der Waals surface area contributed by atoms with Crippen molar-refractivity contribution in [2.75, 3.05) is 13.7 Å². The summed E-state index contributed by atoms with van der Waals surface area (Å²) in [6, 6.07) is 22.8. The Hall–Kier alpha value is -3.73. The van der Waals surface area contributed by atoms with Crippen molar-refractivity contribution in [1.82, 2.24) is 9.47 Å². The molecule has 0 radical (unpaired) electrons. The molecule has 0 aliphatic carbocycles. The third kappa shape index (κ3) is 4.26. The van der Waals surface area contributed by atoms with Crippen LogP contribution in [0.5, 0.6) is 11.5 Å². The maximum Gasteiger partial charge on any atom is 0.210 e. The zero-order valence-corrected chi connectivity index (χ0v) is 19.7. The first kappa shape index (κ1) is 22.1. The van der Waals surface area contributed by atoms with Gasteiger partial charge in [-0.2, -0.15) is 0 Å². The number of para-hydroxylation sites is 1. The zero-order chi connectivity index (χ0) is 23.5. The van der Waals surface area contributed by atoms with E-state index >= 15 is 0 Å². The minimum Gasteiger partial charge on any atom is -0.493 e. The van der Waals surface area contributed by atoms with Gasteiger partial charge in [0.15, 0.2) is 11.5 Å². The first-order chi connectivity index (χ1) is 16.7. The van der Waals surface area contributed by atoms with Gasteiger partial charge in [0.25, 0.3) is 0 Å². The van der Waals surface area contributed by atoms with E-state index < -0.39 is 0 Å². The molecule has 1 atom stereocenters. The number of nitrogens with zero attached hydrogens (tertiary/aromatic N) is 2. The van der Waals surface area contributed by atoms with Gasteiger partial charge in [-0.3, -0.25) is 4.79 Å². The molecule has 0 spiro atoms. The number of aromatic nitrogens is 1. The Balaban J connectivity index is 1.44. The second-order valence-electron chi connectivity index (χ2n) is 8.91. The first-order valence-electron chi connectivity index (χ1n) is 11.8. The lowest BCUT2D eigenvalue weighted by atomic mass is 9.88. The molecule has 0 bridgehead atoms. The fourth-order valence-corrected chi connectivity index (χ4v) is 5.10. The van der Waals surface area contributed by atoms with Gasteiger partial charge in [-0.15, -0.1) is 0 Å². The van der Waals surface area contributed by atoms with E-state index in [1.165, 1.54) is 22.0 Å². The van der Waals surface area contributed by atoms with Crippen LogP contribution in [0.2, 0.25) is 0 Å². The van der Waals surface area contributed by atoms with Crippen LogP contribution in [0.4, 0.5) is 0 Å². The number of amides is 1. The zero-order valence-electron chi connectivity index (χ0n) is 19.7. The van der Waals surface area contributed by atoms with Gasteiger partial charge >= 0.3 is 0 Å². The van der Waals surface area contributed by atoms with Crippen molar-refractivity contribution in [3.05, 3.63) is 95.2 Å². The Morgan fingerprint density at radius 3 is 2.62 bits per heavy atom. The molecular weight excluding hydrogens is 424 g/mol. The van der Waals surface area contributed by atoms with Crippen LogP contribution in [0.25, 0.3) is 10.9 Å². The lowest BCUT2D eigenvalue weighted by Crippen LogP contribution is -2.34. The van der Waals surface area contributed by atoms with E-state index in [4.69, 9.17) is 9.47 Å². The van der Waals surface area contributed by atoms with Gasteiger partial charge in [-0.1, -0.05) is 48.5 Å². The Morgan fingerprint density at radius 2 is 1.82 bits per heavy atom. The highest BCUT2D eigenvalue weighted by molar-refractivity contribution is 5.83. The highest BCUT2D eigenvalue weighted by Gasteiger charge is 2.28. The molecule has 5 heteroatoms. The molecule has 4 aromatic rings. The van der Waals surface area contributed by atoms with E-state index in [9.17, 15) is 4.79 Å². The second-order valence-corrected chi connectivity index (χ2v) is 8.91. The molecule has 0 saturated heterocycles. The number of aryl methyl sites for hydroxylation is 2. The molecule has 174 valence electrons. The summed E-state index contributed by atoms with van der Waals surface area (Å²) in [5, 5.41) is 1.28. The minimum atomic E-state index is 0.00481. The molecular formula is C29H30N2O3. The number of hydrogen-bond donors (Lipinski definition) is 0. The summed E-state index contributed by atoms with van der Waals surface area (Å²) >= 11 is 0. The normalized spacial score (nSPS) is 15.2. The van der Waals surface area contributed by atoms with Gasteiger partial charge in [0.1, 0.15) is 6.61 Å². The second kappa shape index (κ2) is 9.64. The minimum absolute atomic E-state index is 0.00481. The molecule has 5 rings (SSSR count). The van der Waals surface area contributed by atoms with E-state index in [1.807, 2.05) is 35.2 Å². The predicted octanol–water partition coefficient (Wildman–Crippen LogP) is 5.45. The highest BCUT2D eigenvalue weighted by atomic mass is 16.5. The van der Waals surface area contributed by atoms with E-state index in [0.29, 0.717) is 18.9 Å². The van der Waals surface area contributed by atoms with Crippen LogP contribution in [0.1, 0.15) is 34.7 Å². The fraction of sp³-hybridized carbons (Fsp3) is 0.276. The van der Waals surface area contributed by atoms with Crippen LogP contribution in [-0.4, -0.2) is 29.5 Å². The summed E-state index contributed by atoms with van der Waals surface area (Å²) in [7, 11) is 3.76. The molecule has 34 heavy (non-hydrogen) atoms. The van der Waals surface area contributed by atoms with Crippen molar-refractivity contribution < 1.29 is 14.3 Å². The van der Waals surface area contributed by atoms with Crippen LogP contribution in [0.15, 0.2) is 72.9 Å². The number of carbonyl (C=O) groups is 1. The third-order valence-corrected chi connectivity index (χ3v) is 6.86. The first-order valence-corrected chi connectivity index (χ1v) is 11.8. The van der Waals surface area contributed by atoms with Crippen LogP contribution < -0.4 is 9.47 Å². The van der Waals surface area contributed by atoms with Gasteiger partial charge < -0.3 is 18.9 Å². The summed E-state index contributed by atoms with van der Waals surface area (Å²) in [5.41, 5.74) is 6.02. The monoisotopic (exact) mass is 454 g/mol. The molecule has 2 heterocycles. The molecule has 1 aliphatic rings. The summed E-state index contributed by atoms with van der Waals surface area (Å²) in [6.45, 7) is 1.18. The molecule has 0 saturated carbocycles. The number of benzene rings is 3. The van der Waals surface area contributed by atoms with E-state index in [-0.39, 0.29) is 6.04 Å². The van der Waals surface area contributed by atoms with Crippen LogP contribution in [-0.2, 0) is 31.3 Å². The van der Waals surface area contributed by atoms with Crippen molar-refractivity contribution in [3.8, 4) is 11.5 Å². The van der Waals surface area contributed by atoms with Gasteiger partial charge in [-0.05, 0) is 59.7 Å². The van der Waals surface area contributed by atoms with Crippen molar-refractivity contribution in [2.24, 2.45) is 7.05 Å². The Kier molecular flexibility index (Phi) is 6.26. The van der Waals surface area contributed by atoms with Crippen molar-refractivity contribution in [2.45, 2.75) is 31.9 Å². The van der Waals surface area contributed by atoms with Crippen molar-refractivity contribution >= 4 is 17.3 Å². The standard InChI is InChI=1S/C29H30N2O3/c1-30-18-23(24-10-6-7-11-26(24)30)12-13-27-25-17-29(34-19-21-8-4-3-5-9-21)28(33-2)16-22(25)14-15-31(27)20-32/h3-11,16-18,20,27H,12-15,19H2,1-2H3. The van der Waals surface area contributed by atoms with Gasteiger partial charge in [0, 0.05) is 30.7 Å². The Bertz CT molecular complexity index is 1300. The molecule has 1 aromatic heterocycles. The van der Waals surface area contributed by atoms with E-state index in [0.717, 1.165) is 42.5 Å². The number of ether oxygens (including phenoxy) is 2. The van der Waals surface area contributed by atoms with Gasteiger partial charge in [0.2, 0.25) is 6.41 Å². The lowest BCUT2D eigenvalue weighted by molar-refractivity contribution is -0.120. The smallest absolute Gasteiger partial charge is 0.210 e. The van der Waals surface area contributed by atoms with Gasteiger partial charge in [-0.25, -0.2) is 0 Å². The largest absolute Gasteiger partial charge is 0.493 e. The predicted molar refractivity (Wildman–Crippen MR) is 134 cm³/mol. The topological polar surface area (TPSA) is 43.7 Å². The number of fused-ring (bicyclic) bond motifs is 2. The summed E-state index contributed by atoms with van der Waals surface area (Å²) in [5.74, 6) is 1.45. The molecule has 1 unspecified atom stereocenters. The number of carbonyl (C=O) groups excluding carboxylic acids is 1. The van der Waals surface area contributed by atoms with Crippen molar-refractivity contribution in [3.63, 3.8) is 0 Å². The van der Waals surface area contributed by atoms with E-state index in [1.54, 1.807) is 7.11 Å². The molecule has 1 aliphatic heterocycles. The molecule has 5 nitrogen and oxygen atoms in total. The van der Waals surface area contributed by atoms with Crippen molar-refractivity contribution in [1.29, 1.82) is 0 Å². The van der Waals surface area contributed by atoms with Crippen LogP contribution in [0.3, 0.4) is 0 Å². The summed E-state index contributed by atoms with van der Waals surface area (Å²) in [4.78, 5) is 13.9. The molecule has 3 aromatic carbocycles. The average molecular weight is 455 g/mol. The number of hydrogen-bond acceptors (Lipinski definition) is 3. The third-order valence-electron chi connectivity index (χ3n) is 6.86. The fourth-order valence-electron chi connectivity index (χ4n) is 5.10. The molecule has 0 fully saturated rings. The Labute approximate surface area is 200 Å². The van der Waals surface area contributed by atoms with Crippen LogP contribution >= 0.6 is 0 Å². The summed E-state index contributed by atoms with van der Waals surface area (Å²) in [6.07, 6.45) is 5.76. The molecule has 1 amide bonds. The van der Waals surface area contributed by atoms with E-state index in [2.05, 4.69) is 54.2 Å². The Morgan fingerprint density at radius 1 is 1.03 bits per heavy atom. The average Bonchev–Trinajstić information content (AvgIpc) is 3.21. The number of methoxy groups -OCH3 is 1. The maximum atomic E-state index is 12.0. The maximum absolute atomic E-state index is 12.0.